The SMILES string of the molecule is CCCC(NC(C)=O)(C(=O)O)C(=O)NC1C(=O)N2CC(C)=C(C(=O)O)S[C@H]12. The number of nitrogens with one attached hydrogen (secondary N) is 2. The maximum absolute atomic E-state index is 12.7. The van der Waals surface area contributed by atoms with Gasteiger partial charge in [-0.25, -0.2) is 9.59 Å². The summed E-state index contributed by atoms with van der Waals surface area (Å²) in [5, 5.41) is 22.7. The fraction of sp³-hybridized carbons (Fsp3) is 0.562. The molecule has 0 aromatic rings. The summed E-state index contributed by atoms with van der Waals surface area (Å²) in [6.07, 6.45) is 0.142. The van der Waals surface area contributed by atoms with Crippen LogP contribution in [0.2, 0.25) is 0 Å². The van der Waals surface area contributed by atoms with E-state index < -0.39 is 46.6 Å². The van der Waals surface area contributed by atoms with E-state index in [2.05, 4.69) is 10.6 Å². The van der Waals surface area contributed by atoms with E-state index in [0.717, 1.165) is 18.7 Å². The molecular formula is C16H21N3O7S. The summed E-state index contributed by atoms with van der Waals surface area (Å²) in [5.41, 5.74) is -1.66. The lowest BCUT2D eigenvalue weighted by Gasteiger charge is -2.49. The molecule has 2 aliphatic heterocycles. The number of carbonyl (C=O) groups is 5. The molecule has 11 heteroatoms. The van der Waals surface area contributed by atoms with E-state index in [9.17, 15) is 34.2 Å². The van der Waals surface area contributed by atoms with Crippen molar-refractivity contribution in [2.24, 2.45) is 0 Å². The number of aliphatic carboxylic acids is 2. The topological polar surface area (TPSA) is 153 Å². The minimum atomic E-state index is -2.19. The van der Waals surface area contributed by atoms with Crippen LogP contribution in [0.15, 0.2) is 10.5 Å². The molecule has 4 N–H and O–H groups in total. The summed E-state index contributed by atoms with van der Waals surface area (Å²) < 4.78 is 0. The Hall–Kier alpha value is -2.56. The first-order chi connectivity index (χ1) is 12.5. The highest BCUT2D eigenvalue weighted by molar-refractivity contribution is 8.04. The Balaban J connectivity index is 2.23. The second-order valence-corrected chi connectivity index (χ2v) is 7.61. The second-order valence-electron chi connectivity index (χ2n) is 6.48. The number of thioether (sulfide) groups is 1. The van der Waals surface area contributed by atoms with Crippen LogP contribution in [0.3, 0.4) is 0 Å². The minimum Gasteiger partial charge on any atom is -0.479 e. The summed E-state index contributed by atoms with van der Waals surface area (Å²) in [6.45, 7) is 4.50. The summed E-state index contributed by atoms with van der Waals surface area (Å²) >= 11 is 0.933. The first-order valence-corrected chi connectivity index (χ1v) is 9.16. The normalized spacial score (nSPS) is 23.7. The average molecular weight is 399 g/mol. The molecule has 1 saturated heterocycles. The monoisotopic (exact) mass is 399 g/mol. The molecule has 1 fully saturated rings. The Labute approximate surface area is 159 Å². The summed E-state index contributed by atoms with van der Waals surface area (Å²) in [7, 11) is 0. The van der Waals surface area contributed by atoms with Crippen molar-refractivity contribution in [2.75, 3.05) is 6.54 Å². The third kappa shape index (κ3) is 3.64. The first kappa shape index (κ1) is 20.7. The van der Waals surface area contributed by atoms with E-state index >= 15 is 0 Å². The number of carboxylic acids is 2. The molecule has 0 bridgehead atoms. The number of carbonyl (C=O) groups excluding carboxylic acids is 3. The predicted molar refractivity (Wildman–Crippen MR) is 94.5 cm³/mol. The highest BCUT2D eigenvalue weighted by Crippen LogP contribution is 2.41. The van der Waals surface area contributed by atoms with Gasteiger partial charge in [-0.15, -0.1) is 0 Å². The van der Waals surface area contributed by atoms with Crippen LogP contribution >= 0.6 is 11.8 Å². The number of amides is 3. The van der Waals surface area contributed by atoms with E-state index in [0.29, 0.717) is 12.0 Å². The van der Waals surface area contributed by atoms with Gasteiger partial charge in [-0.2, -0.15) is 0 Å². The number of nitrogens with zero attached hydrogens (tertiary/aromatic N) is 1. The largest absolute Gasteiger partial charge is 0.479 e. The van der Waals surface area contributed by atoms with Gasteiger partial charge in [0.05, 0.1) is 4.91 Å². The molecule has 27 heavy (non-hydrogen) atoms. The Bertz CT molecular complexity index is 750. The van der Waals surface area contributed by atoms with Gasteiger partial charge < -0.3 is 25.7 Å². The van der Waals surface area contributed by atoms with E-state index in [-0.39, 0.29) is 17.9 Å². The third-order valence-electron chi connectivity index (χ3n) is 4.42. The van der Waals surface area contributed by atoms with Crippen molar-refractivity contribution in [3.05, 3.63) is 10.5 Å². The van der Waals surface area contributed by atoms with Gasteiger partial charge in [0.25, 0.3) is 5.91 Å². The molecule has 148 valence electrons. The van der Waals surface area contributed by atoms with Gasteiger partial charge in [-0.05, 0) is 18.9 Å². The quantitative estimate of drug-likeness (QED) is 0.330. The number of carboxylic acid groups (broad SMARTS) is 2. The van der Waals surface area contributed by atoms with Gasteiger partial charge in [0.2, 0.25) is 17.4 Å². The molecular weight excluding hydrogens is 378 g/mol. The summed E-state index contributed by atoms with van der Waals surface area (Å²) in [5.74, 6) is -4.77. The zero-order valence-corrected chi connectivity index (χ0v) is 15.9. The molecule has 0 spiro atoms. The van der Waals surface area contributed by atoms with Crippen molar-refractivity contribution < 1.29 is 34.2 Å². The Morgan fingerprint density at radius 1 is 1.30 bits per heavy atom. The summed E-state index contributed by atoms with van der Waals surface area (Å²) in [6, 6.07) is -1.06. The first-order valence-electron chi connectivity index (χ1n) is 8.28. The zero-order valence-electron chi connectivity index (χ0n) is 15.1. The Morgan fingerprint density at radius 2 is 1.93 bits per heavy atom. The van der Waals surface area contributed by atoms with Crippen LogP contribution in [0.1, 0.15) is 33.6 Å². The van der Waals surface area contributed by atoms with Crippen molar-refractivity contribution in [3.8, 4) is 0 Å². The molecule has 0 aromatic heterocycles. The predicted octanol–water partition coefficient (Wildman–Crippen LogP) is -0.495. The van der Waals surface area contributed by atoms with Crippen LogP contribution in [-0.4, -0.2) is 68.3 Å². The Kier molecular flexibility index (Phi) is 5.83. The second kappa shape index (κ2) is 7.59. The standard InChI is InChI=1S/C16H21N3O7S/c1-4-5-16(15(25)26,18-8(3)20)14(24)17-9-11(21)19-6-7(2)10(13(22)23)27-12(9)19/h9,12H,4-6H2,1-3H3,(H,17,24)(H,18,20)(H,22,23)(H,25,26)/t9?,12-,16?/m1/s1. The molecule has 3 atom stereocenters. The van der Waals surface area contributed by atoms with Crippen LogP contribution in [-0.2, 0) is 24.0 Å². The van der Waals surface area contributed by atoms with Crippen LogP contribution in [0.25, 0.3) is 0 Å². The zero-order chi connectivity index (χ0) is 20.5. The third-order valence-corrected chi connectivity index (χ3v) is 5.95. The molecule has 0 saturated carbocycles. The van der Waals surface area contributed by atoms with E-state index in [1.54, 1.807) is 13.8 Å². The van der Waals surface area contributed by atoms with Gasteiger partial charge in [0, 0.05) is 13.5 Å². The lowest BCUT2D eigenvalue weighted by Crippen LogP contribution is -2.74. The van der Waals surface area contributed by atoms with E-state index in [1.807, 2.05) is 0 Å². The molecule has 3 amide bonds. The van der Waals surface area contributed by atoms with Crippen LogP contribution in [0.5, 0.6) is 0 Å². The van der Waals surface area contributed by atoms with Gasteiger partial charge in [-0.1, -0.05) is 25.1 Å². The highest BCUT2D eigenvalue weighted by atomic mass is 32.2. The van der Waals surface area contributed by atoms with Crippen molar-refractivity contribution >= 4 is 41.4 Å². The van der Waals surface area contributed by atoms with Gasteiger partial charge >= 0.3 is 11.9 Å². The smallest absolute Gasteiger partial charge is 0.342 e. The minimum absolute atomic E-state index is 0.0999. The van der Waals surface area contributed by atoms with E-state index in [4.69, 9.17) is 0 Å². The highest BCUT2D eigenvalue weighted by Gasteiger charge is 2.55. The Morgan fingerprint density at radius 3 is 2.41 bits per heavy atom. The molecule has 0 aliphatic carbocycles. The van der Waals surface area contributed by atoms with Crippen LogP contribution in [0.4, 0.5) is 0 Å². The van der Waals surface area contributed by atoms with Gasteiger partial charge in [0.15, 0.2) is 0 Å². The fourth-order valence-corrected chi connectivity index (χ4v) is 4.40. The number of fused-ring (bicyclic) bond motifs is 1. The fourth-order valence-electron chi connectivity index (χ4n) is 3.17. The maximum Gasteiger partial charge on any atom is 0.342 e. The maximum atomic E-state index is 12.7. The lowest BCUT2D eigenvalue weighted by molar-refractivity contribution is -0.157. The lowest BCUT2D eigenvalue weighted by atomic mass is 9.91. The average Bonchev–Trinajstić information content (AvgIpc) is 2.57. The van der Waals surface area contributed by atoms with E-state index in [1.165, 1.54) is 4.90 Å². The summed E-state index contributed by atoms with van der Waals surface area (Å²) in [4.78, 5) is 61.1. The molecule has 0 radical (unpaired) electrons. The molecule has 10 nitrogen and oxygen atoms in total. The molecule has 2 aliphatic rings. The van der Waals surface area contributed by atoms with Gasteiger partial charge in [0.1, 0.15) is 11.4 Å². The number of β-lactam (4-membered cyclic amide) rings is 1. The van der Waals surface area contributed by atoms with Crippen molar-refractivity contribution in [1.29, 1.82) is 0 Å². The number of rotatable bonds is 7. The number of hydrogen-bond donors (Lipinski definition) is 4. The molecule has 2 rings (SSSR count). The van der Waals surface area contributed by atoms with Gasteiger partial charge in [-0.3, -0.25) is 14.4 Å². The van der Waals surface area contributed by atoms with Crippen LogP contribution in [0, 0.1) is 0 Å². The van der Waals surface area contributed by atoms with Crippen molar-refractivity contribution in [1.82, 2.24) is 15.5 Å². The molecule has 0 aromatic carbocycles. The molecule has 2 unspecified atom stereocenters. The van der Waals surface area contributed by atoms with Crippen LogP contribution < -0.4 is 10.6 Å². The molecule has 2 heterocycles. The number of hydrogen-bond acceptors (Lipinski definition) is 6. The van der Waals surface area contributed by atoms with Crippen molar-refractivity contribution in [3.63, 3.8) is 0 Å². The van der Waals surface area contributed by atoms with Crippen molar-refractivity contribution in [2.45, 2.75) is 50.6 Å².